The summed E-state index contributed by atoms with van der Waals surface area (Å²) in [5.74, 6) is 0.637. The zero-order chi connectivity index (χ0) is 14.1. The van der Waals surface area contributed by atoms with E-state index in [-0.39, 0.29) is 0 Å². The first kappa shape index (κ1) is 14.8. The average Bonchev–Trinajstić information content (AvgIpc) is 2.76. The molecule has 1 nitrogen and oxygen atoms in total. The molecule has 1 fully saturated rings. The van der Waals surface area contributed by atoms with E-state index in [9.17, 15) is 0 Å². The van der Waals surface area contributed by atoms with E-state index >= 15 is 0 Å². The molecule has 0 N–H and O–H groups in total. The second kappa shape index (κ2) is 5.44. The zero-order valence-corrected chi connectivity index (χ0v) is 13.6. The standard InChI is InChI=1S/C18H32N/c1-15-9-8-12-18(3,4)17(15)11-10-16(2)19(5)13-6-7-14-19/h9-11,16-17H,6-8,12-14H2,1-5H3/q+1/b11-10+. The minimum Gasteiger partial charge on any atom is -0.321 e. The SMILES string of the molecule is CC1=CCCC(C)(C)C1/C=C/C(C)[N+]1(C)CCCC1. The predicted molar refractivity (Wildman–Crippen MR) is 84.0 cm³/mol. The van der Waals surface area contributed by atoms with E-state index in [2.05, 4.69) is 53.0 Å². The van der Waals surface area contributed by atoms with Gasteiger partial charge in [0.05, 0.1) is 20.1 Å². The maximum atomic E-state index is 2.51. The van der Waals surface area contributed by atoms with Crippen molar-refractivity contribution in [1.29, 1.82) is 0 Å². The van der Waals surface area contributed by atoms with E-state index in [1.165, 1.54) is 43.3 Å². The third kappa shape index (κ3) is 3.13. The van der Waals surface area contributed by atoms with Crippen LogP contribution in [-0.4, -0.2) is 30.7 Å². The smallest absolute Gasteiger partial charge is 0.105 e. The molecule has 2 atom stereocenters. The van der Waals surface area contributed by atoms with E-state index in [0.29, 0.717) is 17.4 Å². The lowest BCUT2D eigenvalue weighted by Crippen LogP contribution is -2.47. The fraction of sp³-hybridized carbons (Fsp3) is 0.778. The summed E-state index contributed by atoms with van der Waals surface area (Å²) >= 11 is 0. The molecule has 2 aliphatic rings. The Labute approximate surface area is 120 Å². The first-order chi connectivity index (χ1) is 8.85. The maximum Gasteiger partial charge on any atom is 0.105 e. The van der Waals surface area contributed by atoms with Gasteiger partial charge in [0.15, 0.2) is 0 Å². The molecule has 0 aromatic heterocycles. The lowest BCUT2D eigenvalue weighted by molar-refractivity contribution is -0.913. The van der Waals surface area contributed by atoms with Crippen LogP contribution >= 0.6 is 0 Å². The van der Waals surface area contributed by atoms with E-state index in [1.807, 2.05) is 0 Å². The molecule has 2 rings (SSSR count). The van der Waals surface area contributed by atoms with Crippen molar-refractivity contribution in [2.75, 3.05) is 20.1 Å². The van der Waals surface area contributed by atoms with Gasteiger partial charge in [-0.3, -0.25) is 0 Å². The highest BCUT2D eigenvalue weighted by Gasteiger charge is 2.33. The van der Waals surface area contributed by atoms with Crippen molar-refractivity contribution in [2.45, 2.75) is 59.4 Å². The van der Waals surface area contributed by atoms with Crippen LogP contribution in [0, 0.1) is 11.3 Å². The van der Waals surface area contributed by atoms with Crippen LogP contribution in [0.2, 0.25) is 0 Å². The van der Waals surface area contributed by atoms with Crippen molar-refractivity contribution in [2.24, 2.45) is 11.3 Å². The molecule has 0 spiro atoms. The molecule has 108 valence electrons. The highest BCUT2D eigenvalue weighted by atomic mass is 15.4. The van der Waals surface area contributed by atoms with Crippen LogP contribution in [0.3, 0.4) is 0 Å². The third-order valence-corrected chi connectivity index (χ3v) is 5.74. The molecule has 19 heavy (non-hydrogen) atoms. The maximum absolute atomic E-state index is 2.51. The Balaban J connectivity index is 2.08. The molecule has 1 aliphatic heterocycles. The number of rotatable bonds is 3. The minimum atomic E-state index is 0.429. The Morgan fingerprint density at radius 1 is 1.32 bits per heavy atom. The summed E-state index contributed by atoms with van der Waals surface area (Å²) in [6.45, 7) is 12.3. The highest BCUT2D eigenvalue weighted by molar-refractivity contribution is 5.19. The quantitative estimate of drug-likeness (QED) is 0.517. The van der Waals surface area contributed by atoms with Gasteiger partial charge in [-0.1, -0.05) is 31.6 Å². The Bertz CT molecular complexity index is 369. The molecule has 1 saturated heterocycles. The molecule has 2 unspecified atom stereocenters. The molecule has 0 radical (unpaired) electrons. The van der Waals surface area contributed by atoms with Crippen LogP contribution in [0.15, 0.2) is 23.8 Å². The van der Waals surface area contributed by atoms with Crippen molar-refractivity contribution < 1.29 is 4.48 Å². The Morgan fingerprint density at radius 2 is 1.95 bits per heavy atom. The number of nitrogens with zero attached hydrogens (tertiary/aromatic N) is 1. The summed E-state index contributed by atoms with van der Waals surface area (Å²) in [6.07, 6.45) is 12.8. The number of allylic oxidation sites excluding steroid dienone is 3. The molecule has 0 aromatic rings. The number of hydrogen-bond acceptors (Lipinski definition) is 0. The van der Waals surface area contributed by atoms with Crippen molar-refractivity contribution in [1.82, 2.24) is 0 Å². The number of likely N-dealkylation sites (N-methyl/N-ethyl adjacent to an activating group) is 1. The third-order valence-electron chi connectivity index (χ3n) is 5.74. The van der Waals surface area contributed by atoms with Gasteiger partial charge in [0.25, 0.3) is 0 Å². The Kier molecular flexibility index (Phi) is 4.25. The summed E-state index contributed by atoms with van der Waals surface area (Å²) in [6, 6.07) is 0.660. The largest absolute Gasteiger partial charge is 0.321 e. The average molecular weight is 262 g/mol. The summed E-state index contributed by atoms with van der Waals surface area (Å²) in [4.78, 5) is 0. The van der Waals surface area contributed by atoms with Gasteiger partial charge in [-0.05, 0) is 38.2 Å². The van der Waals surface area contributed by atoms with Crippen LogP contribution in [0.1, 0.15) is 53.4 Å². The molecule has 0 aromatic carbocycles. The van der Waals surface area contributed by atoms with Crippen LogP contribution in [0.4, 0.5) is 0 Å². The van der Waals surface area contributed by atoms with Gasteiger partial charge in [-0.2, -0.15) is 0 Å². The monoisotopic (exact) mass is 262 g/mol. The second-order valence-corrected chi connectivity index (χ2v) is 7.71. The summed E-state index contributed by atoms with van der Waals surface area (Å²) in [7, 11) is 2.43. The highest BCUT2D eigenvalue weighted by Crippen LogP contribution is 2.41. The number of likely N-dealkylation sites (tertiary alicyclic amines) is 1. The number of hydrogen-bond donors (Lipinski definition) is 0. The number of quaternary nitrogens is 1. The summed E-state index contributed by atoms with van der Waals surface area (Å²) < 4.78 is 1.24. The van der Waals surface area contributed by atoms with Crippen LogP contribution in [-0.2, 0) is 0 Å². The molecule has 0 bridgehead atoms. The molecule has 1 heteroatoms. The van der Waals surface area contributed by atoms with Crippen molar-refractivity contribution in [3.8, 4) is 0 Å². The van der Waals surface area contributed by atoms with Gasteiger partial charge in [0, 0.05) is 18.8 Å². The lowest BCUT2D eigenvalue weighted by Gasteiger charge is -2.38. The molecule has 1 heterocycles. The van der Waals surface area contributed by atoms with E-state index in [4.69, 9.17) is 0 Å². The molecule has 0 amide bonds. The van der Waals surface area contributed by atoms with Gasteiger partial charge < -0.3 is 4.48 Å². The molecule has 0 saturated carbocycles. The van der Waals surface area contributed by atoms with Crippen LogP contribution in [0.5, 0.6) is 0 Å². The molecular formula is C18H32N+. The van der Waals surface area contributed by atoms with Crippen molar-refractivity contribution in [3.05, 3.63) is 23.8 Å². The lowest BCUT2D eigenvalue weighted by atomic mass is 9.68. The molecular weight excluding hydrogens is 230 g/mol. The minimum absolute atomic E-state index is 0.429. The first-order valence-corrected chi connectivity index (χ1v) is 8.04. The Hall–Kier alpha value is -0.560. The topological polar surface area (TPSA) is 0 Å². The normalized spacial score (nSPS) is 31.4. The van der Waals surface area contributed by atoms with E-state index in [0.717, 1.165) is 0 Å². The summed E-state index contributed by atoms with van der Waals surface area (Å²) in [5.41, 5.74) is 2.00. The van der Waals surface area contributed by atoms with E-state index in [1.54, 1.807) is 5.57 Å². The fourth-order valence-electron chi connectivity index (χ4n) is 3.93. The fourth-order valence-corrected chi connectivity index (χ4v) is 3.93. The van der Waals surface area contributed by atoms with Gasteiger partial charge in [-0.15, -0.1) is 0 Å². The van der Waals surface area contributed by atoms with Gasteiger partial charge >= 0.3 is 0 Å². The van der Waals surface area contributed by atoms with Gasteiger partial charge in [0.2, 0.25) is 0 Å². The second-order valence-electron chi connectivity index (χ2n) is 7.71. The van der Waals surface area contributed by atoms with E-state index < -0.39 is 0 Å². The van der Waals surface area contributed by atoms with Gasteiger partial charge in [-0.25, -0.2) is 0 Å². The van der Waals surface area contributed by atoms with Gasteiger partial charge in [0.1, 0.15) is 6.04 Å². The van der Waals surface area contributed by atoms with Crippen LogP contribution < -0.4 is 0 Å². The zero-order valence-electron chi connectivity index (χ0n) is 13.6. The molecule has 1 aliphatic carbocycles. The summed E-state index contributed by atoms with van der Waals surface area (Å²) in [5, 5.41) is 0. The first-order valence-electron chi connectivity index (χ1n) is 8.04. The van der Waals surface area contributed by atoms with Crippen LogP contribution in [0.25, 0.3) is 0 Å². The van der Waals surface area contributed by atoms with Crippen molar-refractivity contribution in [3.63, 3.8) is 0 Å². The predicted octanol–water partition coefficient (Wildman–Crippen LogP) is 4.55. The van der Waals surface area contributed by atoms with Crippen molar-refractivity contribution >= 4 is 0 Å². The Morgan fingerprint density at radius 3 is 2.53 bits per heavy atom.